The predicted octanol–water partition coefficient (Wildman–Crippen LogP) is 1.73. The topological polar surface area (TPSA) is 98.1 Å². The van der Waals surface area contributed by atoms with Crippen molar-refractivity contribution in [1.29, 1.82) is 0 Å². The molecule has 2 N–H and O–H groups in total. The number of carboxylic acid groups (broad SMARTS) is 1. The Morgan fingerprint density at radius 3 is 2.92 bits per heavy atom. The van der Waals surface area contributed by atoms with Crippen LogP contribution in [0.2, 0.25) is 0 Å². The molecule has 1 rings (SSSR count). The number of nitrogens with one attached hydrogen (secondary N) is 1. The molecule has 0 aromatic carbocycles. The van der Waals surface area contributed by atoms with Crippen LogP contribution in [0.4, 0.5) is 4.79 Å². The molecule has 0 aromatic heterocycles. The summed E-state index contributed by atoms with van der Waals surface area (Å²) in [5.74, 6) is 0.242. The molecule has 0 saturated heterocycles. The van der Waals surface area contributed by atoms with E-state index >= 15 is 0 Å². The second-order valence-electron chi connectivity index (χ2n) is 3.36. The number of hydrogen-bond acceptors (Lipinski definition) is 2. The lowest BCUT2D eigenvalue weighted by Gasteiger charge is -2.13. The standard InChI is InChI=1S/C7H12N4O2/c1-4-2-5(10-11-8)3-6(4)9-7(12)13/h4-6,9H,2-3H2,1H3,(H,12,13)/t4-,5+,6-/m0/s1. The highest BCUT2D eigenvalue weighted by Gasteiger charge is 2.31. The summed E-state index contributed by atoms with van der Waals surface area (Å²) in [6.07, 6.45) is 0.352. The summed E-state index contributed by atoms with van der Waals surface area (Å²) in [7, 11) is 0. The quantitative estimate of drug-likeness (QED) is 0.388. The third-order valence-corrected chi connectivity index (χ3v) is 2.38. The predicted molar refractivity (Wildman–Crippen MR) is 46.3 cm³/mol. The summed E-state index contributed by atoms with van der Waals surface area (Å²) in [5, 5.41) is 14.5. The van der Waals surface area contributed by atoms with E-state index in [9.17, 15) is 4.79 Å². The van der Waals surface area contributed by atoms with Gasteiger partial charge in [0.25, 0.3) is 0 Å². The minimum Gasteiger partial charge on any atom is -0.465 e. The van der Waals surface area contributed by atoms with E-state index in [1.807, 2.05) is 6.92 Å². The van der Waals surface area contributed by atoms with E-state index in [0.29, 0.717) is 6.42 Å². The van der Waals surface area contributed by atoms with Gasteiger partial charge in [-0.15, -0.1) is 0 Å². The minimum atomic E-state index is -1.02. The van der Waals surface area contributed by atoms with Gasteiger partial charge in [0.15, 0.2) is 0 Å². The van der Waals surface area contributed by atoms with Crippen LogP contribution >= 0.6 is 0 Å². The third-order valence-electron chi connectivity index (χ3n) is 2.38. The molecule has 0 aromatic rings. The van der Waals surface area contributed by atoms with Gasteiger partial charge in [0, 0.05) is 17.0 Å². The first-order valence-corrected chi connectivity index (χ1v) is 4.17. The molecular formula is C7H12N4O2. The van der Waals surface area contributed by atoms with Crippen LogP contribution in [-0.2, 0) is 0 Å². The SMILES string of the molecule is C[C@H]1C[C@@H](N=[N+]=[N-])C[C@@H]1NC(=O)O. The van der Waals surface area contributed by atoms with E-state index in [1.165, 1.54) is 0 Å². The molecule has 13 heavy (non-hydrogen) atoms. The average Bonchev–Trinajstić information content (AvgIpc) is 2.31. The maximum absolute atomic E-state index is 10.4. The van der Waals surface area contributed by atoms with E-state index in [0.717, 1.165) is 6.42 Å². The summed E-state index contributed by atoms with van der Waals surface area (Å²) in [4.78, 5) is 13.1. The molecule has 0 unspecified atom stereocenters. The van der Waals surface area contributed by atoms with E-state index in [1.54, 1.807) is 0 Å². The van der Waals surface area contributed by atoms with E-state index in [-0.39, 0.29) is 18.0 Å². The molecule has 1 aliphatic rings. The summed E-state index contributed by atoms with van der Waals surface area (Å²) in [5.41, 5.74) is 8.20. The largest absolute Gasteiger partial charge is 0.465 e. The fraction of sp³-hybridized carbons (Fsp3) is 0.857. The Balaban J connectivity index is 2.50. The van der Waals surface area contributed by atoms with Gasteiger partial charge in [-0.05, 0) is 24.3 Å². The molecule has 1 saturated carbocycles. The Bertz CT molecular complexity index is 249. The van der Waals surface area contributed by atoms with Gasteiger partial charge in [0.05, 0.1) is 0 Å². The number of hydrogen-bond donors (Lipinski definition) is 2. The van der Waals surface area contributed by atoms with Crippen molar-refractivity contribution in [3.05, 3.63) is 10.4 Å². The first kappa shape index (κ1) is 9.67. The van der Waals surface area contributed by atoms with Crippen LogP contribution in [0.5, 0.6) is 0 Å². The van der Waals surface area contributed by atoms with Crippen LogP contribution < -0.4 is 5.32 Å². The first-order chi connectivity index (χ1) is 6.13. The smallest absolute Gasteiger partial charge is 0.404 e. The summed E-state index contributed by atoms with van der Waals surface area (Å²) >= 11 is 0. The summed E-state index contributed by atoms with van der Waals surface area (Å²) < 4.78 is 0. The Labute approximate surface area is 75.6 Å². The molecule has 3 atom stereocenters. The van der Waals surface area contributed by atoms with E-state index < -0.39 is 6.09 Å². The Morgan fingerprint density at radius 2 is 2.38 bits per heavy atom. The lowest BCUT2D eigenvalue weighted by atomic mass is 10.1. The second kappa shape index (κ2) is 4.00. The Kier molecular flexibility index (Phi) is 2.97. The monoisotopic (exact) mass is 184 g/mol. The Morgan fingerprint density at radius 1 is 1.69 bits per heavy atom. The normalized spacial score (nSPS) is 32.2. The van der Waals surface area contributed by atoms with Crippen LogP contribution in [0.1, 0.15) is 19.8 Å². The van der Waals surface area contributed by atoms with E-state index in [4.69, 9.17) is 10.6 Å². The van der Waals surface area contributed by atoms with Crippen molar-refractivity contribution >= 4 is 6.09 Å². The summed E-state index contributed by atoms with van der Waals surface area (Å²) in [6, 6.07) is -0.134. The lowest BCUT2D eigenvalue weighted by molar-refractivity contribution is 0.187. The molecule has 1 amide bonds. The van der Waals surface area contributed by atoms with Crippen molar-refractivity contribution in [3.63, 3.8) is 0 Å². The summed E-state index contributed by atoms with van der Waals surface area (Å²) in [6.45, 7) is 1.95. The second-order valence-corrected chi connectivity index (χ2v) is 3.36. The molecule has 0 bridgehead atoms. The van der Waals surface area contributed by atoms with Gasteiger partial charge in [-0.25, -0.2) is 4.79 Å². The number of amides is 1. The van der Waals surface area contributed by atoms with Gasteiger partial charge < -0.3 is 10.4 Å². The molecule has 6 nitrogen and oxygen atoms in total. The third kappa shape index (κ3) is 2.52. The van der Waals surface area contributed by atoms with E-state index in [2.05, 4.69) is 15.3 Å². The molecule has 0 aliphatic heterocycles. The minimum absolute atomic E-state index is 0.0585. The zero-order valence-corrected chi connectivity index (χ0v) is 7.34. The first-order valence-electron chi connectivity index (χ1n) is 4.17. The highest BCUT2D eigenvalue weighted by Crippen LogP contribution is 2.27. The zero-order chi connectivity index (χ0) is 9.84. The molecular weight excluding hydrogens is 172 g/mol. The van der Waals surface area contributed by atoms with Crippen LogP contribution in [-0.4, -0.2) is 23.3 Å². The van der Waals surface area contributed by atoms with Crippen molar-refractivity contribution in [1.82, 2.24) is 5.32 Å². The van der Waals surface area contributed by atoms with Crippen LogP contribution in [0.15, 0.2) is 5.11 Å². The highest BCUT2D eigenvalue weighted by molar-refractivity contribution is 5.64. The van der Waals surface area contributed by atoms with Crippen LogP contribution in [0, 0.1) is 5.92 Å². The number of nitrogens with zero attached hydrogens (tertiary/aromatic N) is 3. The van der Waals surface area contributed by atoms with Gasteiger partial charge >= 0.3 is 6.09 Å². The molecule has 1 fully saturated rings. The van der Waals surface area contributed by atoms with Crippen molar-refractivity contribution < 1.29 is 9.90 Å². The molecule has 1 aliphatic carbocycles. The zero-order valence-electron chi connectivity index (χ0n) is 7.34. The highest BCUT2D eigenvalue weighted by atomic mass is 16.4. The molecule has 0 heterocycles. The number of carbonyl (C=O) groups is 1. The number of azide groups is 1. The van der Waals surface area contributed by atoms with Crippen molar-refractivity contribution in [3.8, 4) is 0 Å². The number of rotatable bonds is 2. The lowest BCUT2D eigenvalue weighted by Crippen LogP contribution is -2.35. The fourth-order valence-corrected chi connectivity index (χ4v) is 1.74. The van der Waals surface area contributed by atoms with Gasteiger partial charge in [-0.3, -0.25) is 0 Å². The fourth-order valence-electron chi connectivity index (χ4n) is 1.74. The maximum atomic E-state index is 10.4. The Hall–Kier alpha value is -1.42. The molecule has 6 heteroatoms. The van der Waals surface area contributed by atoms with Gasteiger partial charge in [0.2, 0.25) is 0 Å². The van der Waals surface area contributed by atoms with Crippen LogP contribution in [0.25, 0.3) is 10.4 Å². The van der Waals surface area contributed by atoms with Crippen molar-refractivity contribution in [2.75, 3.05) is 0 Å². The van der Waals surface area contributed by atoms with Gasteiger partial charge in [-0.1, -0.05) is 12.0 Å². The molecule has 0 radical (unpaired) electrons. The molecule has 0 spiro atoms. The van der Waals surface area contributed by atoms with Crippen molar-refractivity contribution in [2.45, 2.75) is 31.8 Å². The average molecular weight is 184 g/mol. The van der Waals surface area contributed by atoms with Crippen molar-refractivity contribution in [2.24, 2.45) is 11.0 Å². The molecule has 72 valence electrons. The van der Waals surface area contributed by atoms with Gasteiger partial charge in [0.1, 0.15) is 0 Å². The van der Waals surface area contributed by atoms with Crippen LogP contribution in [0.3, 0.4) is 0 Å². The maximum Gasteiger partial charge on any atom is 0.404 e. The van der Waals surface area contributed by atoms with Gasteiger partial charge in [-0.2, -0.15) is 0 Å².